The molecule has 0 saturated carbocycles. The third-order valence-corrected chi connectivity index (χ3v) is 4.35. The summed E-state index contributed by atoms with van der Waals surface area (Å²) in [6.45, 7) is 4.54. The van der Waals surface area contributed by atoms with Crippen LogP contribution in [-0.4, -0.2) is 22.4 Å². The van der Waals surface area contributed by atoms with E-state index in [2.05, 4.69) is 20.6 Å². The van der Waals surface area contributed by atoms with Gasteiger partial charge in [-0.2, -0.15) is 0 Å². The molecule has 0 fully saturated rings. The summed E-state index contributed by atoms with van der Waals surface area (Å²) in [5.41, 5.74) is 4.20. The number of nitrogens with zero attached hydrogens (tertiary/aromatic N) is 2. The Bertz CT molecular complexity index is 941. The summed E-state index contributed by atoms with van der Waals surface area (Å²) in [5, 5.41) is 5.98. The summed E-state index contributed by atoms with van der Waals surface area (Å²) in [6, 6.07) is 13.7. The number of aryl methyl sites for hydroxylation is 1. The molecular formula is C21H21FN4O. The molecule has 5 nitrogen and oxygen atoms in total. The number of benzene rings is 2. The van der Waals surface area contributed by atoms with Crippen LogP contribution in [-0.2, 0) is 6.42 Å². The van der Waals surface area contributed by atoms with Crippen molar-refractivity contribution in [2.75, 3.05) is 17.2 Å². The van der Waals surface area contributed by atoms with E-state index in [0.717, 1.165) is 22.4 Å². The number of carbonyl (C=O) groups is 1. The van der Waals surface area contributed by atoms with Crippen molar-refractivity contribution in [2.45, 2.75) is 20.3 Å². The molecule has 3 aromatic rings. The van der Waals surface area contributed by atoms with Gasteiger partial charge in [0.05, 0.1) is 0 Å². The van der Waals surface area contributed by atoms with Gasteiger partial charge in [-0.15, -0.1) is 0 Å². The zero-order chi connectivity index (χ0) is 19.2. The SMILES string of the molecule is Cc1cccc(NC(=O)c2ccnc(NCCc3ccc(F)cc3)n2)c1C. The Hall–Kier alpha value is -3.28. The van der Waals surface area contributed by atoms with Crippen LogP contribution in [0.1, 0.15) is 27.2 Å². The van der Waals surface area contributed by atoms with E-state index in [1.807, 2.05) is 32.0 Å². The molecular weight excluding hydrogens is 343 g/mol. The van der Waals surface area contributed by atoms with Gasteiger partial charge < -0.3 is 10.6 Å². The first-order chi connectivity index (χ1) is 13.0. The predicted octanol–water partition coefficient (Wildman–Crippen LogP) is 4.14. The quantitative estimate of drug-likeness (QED) is 0.690. The number of hydrogen-bond donors (Lipinski definition) is 2. The van der Waals surface area contributed by atoms with Gasteiger partial charge in [-0.25, -0.2) is 14.4 Å². The van der Waals surface area contributed by atoms with E-state index in [0.29, 0.717) is 18.9 Å². The lowest BCUT2D eigenvalue weighted by Gasteiger charge is -2.10. The van der Waals surface area contributed by atoms with Gasteiger partial charge in [-0.3, -0.25) is 4.79 Å². The molecule has 2 aromatic carbocycles. The van der Waals surface area contributed by atoms with E-state index >= 15 is 0 Å². The van der Waals surface area contributed by atoms with Crippen LogP contribution in [0.5, 0.6) is 0 Å². The number of anilines is 2. The van der Waals surface area contributed by atoms with Crippen molar-refractivity contribution < 1.29 is 9.18 Å². The fourth-order valence-corrected chi connectivity index (χ4v) is 2.61. The van der Waals surface area contributed by atoms with E-state index in [4.69, 9.17) is 0 Å². The number of hydrogen-bond acceptors (Lipinski definition) is 4. The van der Waals surface area contributed by atoms with Crippen LogP contribution in [0.4, 0.5) is 16.0 Å². The highest BCUT2D eigenvalue weighted by atomic mass is 19.1. The number of nitrogens with one attached hydrogen (secondary N) is 2. The van der Waals surface area contributed by atoms with Gasteiger partial charge in [0.1, 0.15) is 11.5 Å². The second kappa shape index (κ2) is 8.40. The van der Waals surface area contributed by atoms with Crippen molar-refractivity contribution in [1.29, 1.82) is 0 Å². The normalized spacial score (nSPS) is 10.5. The van der Waals surface area contributed by atoms with Crippen molar-refractivity contribution in [3.05, 3.63) is 82.9 Å². The zero-order valence-corrected chi connectivity index (χ0v) is 15.3. The Morgan fingerprint density at radius 1 is 1.07 bits per heavy atom. The molecule has 2 N–H and O–H groups in total. The average molecular weight is 364 g/mol. The highest BCUT2D eigenvalue weighted by molar-refractivity contribution is 6.03. The van der Waals surface area contributed by atoms with E-state index in [1.165, 1.54) is 12.1 Å². The molecule has 6 heteroatoms. The number of halogens is 1. The molecule has 3 rings (SSSR count). The van der Waals surface area contributed by atoms with Crippen LogP contribution in [0.3, 0.4) is 0 Å². The molecule has 0 bridgehead atoms. The second-order valence-corrected chi connectivity index (χ2v) is 6.27. The highest BCUT2D eigenvalue weighted by Gasteiger charge is 2.11. The third-order valence-electron chi connectivity index (χ3n) is 4.35. The number of rotatable bonds is 6. The fraction of sp³-hybridized carbons (Fsp3) is 0.190. The lowest BCUT2D eigenvalue weighted by atomic mass is 10.1. The van der Waals surface area contributed by atoms with E-state index in [1.54, 1.807) is 24.4 Å². The largest absolute Gasteiger partial charge is 0.354 e. The van der Waals surface area contributed by atoms with Gasteiger partial charge in [-0.05, 0) is 61.2 Å². The summed E-state index contributed by atoms with van der Waals surface area (Å²) in [7, 11) is 0. The van der Waals surface area contributed by atoms with Crippen LogP contribution < -0.4 is 10.6 Å². The van der Waals surface area contributed by atoms with Gasteiger partial charge >= 0.3 is 0 Å². The lowest BCUT2D eigenvalue weighted by molar-refractivity contribution is 0.102. The van der Waals surface area contributed by atoms with Crippen LogP contribution >= 0.6 is 0 Å². The Balaban J connectivity index is 1.61. The topological polar surface area (TPSA) is 66.9 Å². The van der Waals surface area contributed by atoms with E-state index in [9.17, 15) is 9.18 Å². The average Bonchev–Trinajstić information content (AvgIpc) is 2.67. The van der Waals surface area contributed by atoms with Gasteiger partial charge in [-0.1, -0.05) is 24.3 Å². The molecule has 0 aliphatic heterocycles. The molecule has 0 spiro atoms. The predicted molar refractivity (Wildman–Crippen MR) is 104 cm³/mol. The van der Waals surface area contributed by atoms with Crippen LogP contribution in [0, 0.1) is 19.7 Å². The zero-order valence-electron chi connectivity index (χ0n) is 15.3. The molecule has 0 saturated heterocycles. The highest BCUT2D eigenvalue weighted by Crippen LogP contribution is 2.18. The van der Waals surface area contributed by atoms with Gasteiger partial charge in [0, 0.05) is 18.4 Å². The molecule has 27 heavy (non-hydrogen) atoms. The summed E-state index contributed by atoms with van der Waals surface area (Å²) in [4.78, 5) is 20.9. The summed E-state index contributed by atoms with van der Waals surface area (Å²) in [6.07, 6.45) is 2.24. The van der Waals surface area contributed by atoms with Crippen LogP contribution in [0.15, 0.2) is 54.7 Å². The Labute approximate surface area is 157 Å². The van der Waals surface area contributed by atoms with E-state index in [-0.39, 0.29) is 17.4 Å². The standard InChI is InChI=1S/C21H21FN4O/c1-14-4-3-5-18(15(14)2)25-20(27)19-11-13-24-21(26-19)23-12-10-16-6-8-17(22)9-7-16/h3-9,11,13H,10,12H2,1-2H3,(H,25,27)(H,23,24,26). The molecule has 138 valence electrons. The first-order valence-electron chi connectivity index (χ1n) is 8.72. The molecule has 0 radical (unpaired) electrons. The summed E-state index contributed by atoms with van der Waals surface area (Å²) < 4.78 is 12.9. The smallest absolute Gasteiger partial charge is 0.274 e. The minimum Gasteiger partial charge on any atom is -0.354 e. The van der Waals surface area contributed by atoms with E-state index < -0.39 is 0 Å². The molecule has 1 amide bonds. The minimum absolute atomic E-state index is 0.252. The monoisotopic (exact) mass is 364 g/mol. The van der Waals surface area contributed by atoms with Crippen molar-refractivity contribution in [3.8, 4) is 0 Å². The van der Waals surface area contributed by atoms with Gasteiger partial charge in [0.25, 0.3) is 5.91 Å². The maximum atomic E-state index is 12.9. The van der Waals surface area contributed by atoms with Crippen LogP contribution in [0.25, 0.3) is 0 Å². The Morgan fingerprint density at radius 3 is 2.63 bits per heavy atom. The third kappa shape index (κ3) is 4.88. The van der Waals surface area contributed by atoms with Crippen LogP contribution in [0.2, 0.25) is 0 Å². The minimum atomic E-state index is -0.285. The maximum absolute atomic E-state index is 12.9. The fourth-order valence-electron chi connectivity index (χ4n) is 2.61. The molecule has 0 aliphatic carbocycles. The number of aromatic nitrogens is 2. The summed E-state index contributed by atoms with van der Waals surface area (Å²) >= 11 is 0. The first kappa shape index (κ1) is 18.5. The van der Waals surface area contributed by atoms with Gasteiger partial charge in [0.15, 0.2) is 0 Å². The lowest BCUT2D eigenvalue weighted by Crippen LogP contribution is -2.16. The Morgan fingerprint density at radius 2 is 1.85 bits per heavy atom. The van der Waals surface area contributed by atoms with Gasteiger partial charge in [0.2, 0.25) is 5.95 Å². The van der Waals surface area contributed by atoms with Crippen molar-refractivity contribution in [2.24, 2.45) is 0 Å². The van der Waals surface area contributed by atoms with Crippen molar-refractivity contribution in [3.63, 3.8) is 0 Å². The van der Waals surface area contributed by atoms with Crippen molar-refractivity contribution in [1.82, 2.24) is 9.97 Å². The Kier molecular flexibility index (Phi) is 5.76. The molecule has 0 aliphatic rings. The summed E-state index contributed by atoms with van der Waals surface area (Å²) in [5.74, 6) is -0.156. The second-order valence-electron chi connectivity index (χ2n) is 6.27. The van der Waals surface area contributed by atoms with Crippen molar-refractivity contribution >= 4 is 17.5 Å². The molecule has 1 aromatic heterocycles. The number of carbonyl (C=O) groups excluding carboxylic acids is 1. The molecule has 0 unspecified atom stereocenters. The maximum Gasteiger partial charge on any atom is 0.274 e. The first-order valence-corrected chi connectivity index (χ1v) is 8.72. The molecule has 1 heterocycles. The molecule has 0 atom stereocenters. The number of amides is 1.